The first-order valence-corrected chi connectivity index (χ1v) is 13.8. The van der Waals surface area contributed by atoms with Gasteiger partial charge >= 0.3 is 11.9 Å². The van der Waals surface area contributed by atoms with Crippen LogP contribution in [0.2, 0.25) is 0 Å². The van der Waals surface area contributed by atoms with Gasteiger partial charge in [0.2, 0.25) is 0 Å². The van der Waals surface area contributed by atoms with Gasteiger partial charge in [0.1, 0.15) is 5.75 Å². The molecule has 0 spiro atoms. The monoisotopic (exact) mass is 552 g/mol. The summed E-state index contributed by atoms with van der Waals surface area (Å²) in [5.74, 6) is -0.932. The smallest absolute Gasteiger partial charge is 0.414 e. The van der Waals surface area contributed by atoms with Crippen LogP contribution in [0.1, 0.15) is 28.8 Å². The molecule has 208 valence electrons. The summed E-state index contributed by atoms with van der Waals surface area (Å²) in [4.78, 5) is 33.0. The molecule has 0 aliphatic rings. The van der Waals surface area contributed by atoms with E-state index in [4.69, 9.17) is 24.5 Å². The first-order valence-electron chi connectivity index (χ1n) is 12.6. The zero-order chi connectivity index (χ0) is 28.5. The highest BCUT2D eigenvalue weighted by atomic mass is 32.2. The molecule has 3 aromatic carbocycles. The Morgan fingerprint density at radius 3 is 2.26 bits per heavy atom. The van der Waals surface area contributed by atoms with E-state index >= 15 is 0 Å². The van der Waals surface area contributed by atoms with Crippen LogP contribution >= 0.6 is 11.8 Å². The maximum absolute atomic E-state index is 12.6. The summed E-state index contributed by atoms with van der Waals surface area (Å²) in [6, 6.07) is 26.3. The molecule has 0 aromatic heterocycles. The summed E-state index contributed by atoms with van der Waals surface area (Å²) < 4.78 is 5.79. The van der Waals surface area contributed by atoms with Gasteiger partial charge in [0.25, 0.3) is 5.91 Å². The number of hydrogen-bond donors (Lipinski definition) is 3. The van der Waals surface area contributed by atoms with Crippen LogP contribution in [0.3, 0.4) is 0 Å². The molecule has 0 saturated carbocycles. The minimum absolute atomic E-state index is 0.00776. The number of carbonyl (C=O) groups excluding carboxylic acids is 1. The van der Waals surface area contributed by atoms with E-state index in [0.29, 0.717) is 18.7 Å². The lowest BCUT2D eigenvalue weighted by molar-refractivity contribution is -0.159. The van der Waals surface area contributed by atoms with Crippen molar-refractivity contribution in [3.63, 3.8) is 0 Å². The largest absolute Gasteiger partial charge is 0.493 e. The number of nitrogens with one attached hydrogen (secondary N) is 1. The fourth-order valence-corrected chi connectivity index (χ4v) is 4.35. The van der Waals surface area contributed by atoms with E-state index in [1.165, 1.54) is 11.1 Å². The summed E-state index contributed by atoms with van der Waals surface area (Å²) in [7, 11) is 4.14. The van der Waals surface area contributed by atoms with E-state index in [-0.39, 0.29) is 5.91 Å². The van der Waals surface area contributed by atoms with E-state index < -0.39 is 11.9 Å². The number of para-hydroxylation sites is 1. The fourth-order valence-electron chi connectivity index (χ4n) is 3.53. The second kappa shape index (κ2) is 17.6. The Bertz CT molecular complexity index is 1170. The molecule has 0 saturated heterocycles. The molecule has 8 nitrogen and oxygen atoms in total. The Kier molecular flexibility index (Phi) is 14.2. The van der Waals surface area contributed by atoms with Gasteiger partial charge in [-0.3, -0.25) is 4.79 Å². The van der Waals surface area contributed by atoms with Crippen LogP contribution in [-0.2, 0) is 15.3 Å². The van der Waals surface area contributed by atoms with Gasteiger partial charge < -0.3 is 25.2 Å². The molecule has 0 aliphatic carbocycles. The number of carbonyl (C=O) groups is 3. The zero-order valence-corrected chi connectivity index (χ0v) is 23.2. The van der Waals surface area contributed by atoms with Crippen LogP contribution in [0.15, 0.2) is 78.9 Å². The van der Waals surface area contributed by atoms with Crippen molar-refractivity contribution in [3.05, 3.63) is 90.0 Å². The molecule has 0 aliphatic heterocycles. The van der Waals surface area contributed by atoms with Gasteiger partial charge in [0, 0.05) is 23.6 Å². The molecule has 0 bridgehead atoms. The van der Waals surface area contributed by atoms with Crippen molar-refractivity contribution in [3.8, 4) is 16.9 Å². The Morgan fingerprint density at radius 2 is 1.56 bits per heavy atom. The lowest BCUT2D eigenvalue weighted by Crippen LogP contribution is -2.25. The lowest BCUT2D eigenvalue weighted by atomic mass is 9.98. The number of carboxylic acid groups (broad SMARTS) is 2. The van der Waals surface area contributed by atoms with Crippen LogP contribution < -0.4 is 10.1 Å². The Hall–Kier alpha value is -3.82. The molecule has 39 heavy (non-hydrogen) atoms. The van der Waals surface area contributed by atoms with E-state index in [0.717, 1.165) is 42.2 Å². The summed E-state index contributed by atoms with van der Waals surface area (Å²) in [5, 5.41) is 17.8. The van der Waals surface area contributed by atoms with Crippen molar-refractivity contribution >= 4 is 29.6 Å². The molecular weight excluding hydrogens is 516 g/mol. The second-order valence-electron chi connectivity index (χ2n) is 8.83. The molecule has 3 aromatic rings. The number of ether oxygens (including phenoxy) is 1. The summed E-state index contributed by atoms with van der Waals surface area (Å²) in [5.41, 5.74) is 4.23. The summed E-state index contributed by atoms with van der Waals surface area (Å²) >= 11 is 1.85. The lowest BCUT2D eigenvalue weighted by Gasteiger charge is -2.12. The van der Waals surface area contributed by atoms with Crippen molar-refractivity contribution in [2.75, 3.05) is 39.5 Å². The van der Waals surface area contributed by atoms with E-state index in [1.807, 2.05) is 60.3 Å². The first-order chi connectivity index (χ1) is 18.8. The van der Waals surface area contributed by atoms with Crippen molar-refractivity contribution in [2.45, 2.75) is 18.6 Å². The molecule has 0 heterocycles. The third-order valence-electron chi connectivity index (χ3n) is 5.45. The maximum Gasteiger partial charge on any atom is 0.414 e. The fraction of sp³-hybridized carbons (Fsp3) is 0.300. The van der Waals surface area contributed by atoms with Crippen LogP contribution in [0.5, 0.6) is 5.75 Å². The number of thioether (sulfide) groups is 1. The molecular formula is C30H36N2O6S. The van der Waals surface area contributed by atoms with Gasteiger partial charge in [-0.25, -0.2) is 9.59 Å². The third-order valence-corrected chi connectivity index (χ3v) is 6.42. The van der Waals surface area contributed by atoms with Gasteiger partial charge in [-0.05, 0) is 74.4 Å². The zero-order valence-electron chi connectivity index (χ0n) is 22.3. The van der Waals surface area contributed by atoms with Crippen molar-refractivity contribution < 1.29 is 29.3 Å². The molecule has 0 unspecified atom stereocenters. The van der Waals surface area contributed by atoms with Crippen LogP contribution in [0, 0.1) is 0 Å². The second-order valence-corrected chi connectivity index (χ2v) is 9.93. The van der Waals surface area contributed by atoms with E-state index in [1.54, 1.807) is 0 Å². The Labute approximate surface area is 234 Å². The highest BCUT2D eigenvalue weighted by Gasteiger charge is 2.10. The van der Waals surface area contributed by atoms with Crippen molar-refractivity contribution in [2.24, 2.45) is 0 Å². The summed E-state index contributed by atoms with van der Waals surface area (Å²) in [6.07, 6.45) is 2.06. The van der Waals surface area contributed by atoms with Gasteiger partial charge in [-0.2, -0.15) is 11.8 Å². The number of unbranched alkanes of at least 4 members (excludes halogenated alkanes) is 1. The number of rotatable bonds is 13. The van der Waals surface area contributed by atoms with Crippen molar-refractivity contribution in [1.82, 2.24) is 10.2 Å². The van der Waals surface area contributed by atoms with Crippen LogP contribution in [-0.4, -0.2) is 72.5 Å². The van der Waals surface area contributed by atoms with Gasteiger partial charge in [-0.1, -0.05) is 54.6 Å². The molecule has 0 radical (unpaired) electrons. The number of nitrogens with zero attached hydrogens (tertiary/aromatic N) is 1. The van der Waals surface area contributed by atoms with Gasteiger partial charge in [0.15, 0.2) is 0 Å². The highest BCUT2D eigenvalue weighted by molar-refractivity contribution is 7.98. The Morgan fingerprint density at radius 1 is 0.872 bits per heavy atom. The van der Waals surface area contributed by atoms with Gasteiger partial charge in [0.05, 0.1) is 6.61 Å². The van der Waals surface area contributed by atoms with Crippen molar-refractivity contribution in [1.29, 1.82) is 0 Å². The van der Waals surface area contributed by atoms with Gasteiger partial charge in [-0.15, -0.1) is 0 Å². The molecule has 1 amide bonds. The molecule has 9 heteroatoms. The molecule has 0 fully saturated rings. The average molecular weight is 553 g/mol. The predicted molar refractivity (Wildman–Crippen MR) is 155 cm³/mol. The van der Waals surface area contributed by atoms with E-state index in [9.17, 15) is 4.79 Å². The first kappa shape index (κ1) is 31.4. The minimum atomic E-state index is -1.82. The average Bonchev–Trinajstić information content (AvgIpc) is 2.93. The number of aliphatic carboxylic acids is 2. The summed E-state index contributed by atoms with van der Waals surface area (Å²) in [6.45, 7) is 2.43. The Balaban J connectivity index is 0.000000798. The number of amides is 1. The minimum Gasteiger partial charge on any atom is -0.493 e. The third kappa shape index (κ3) is 12.5. The van der Waals surface area contributed by atoms with Crippen LogP contribution in [0.25, 0.3) is 11.1 Å². The quantitative estimate of drug-likeness (QED) is 0.203. The van der Waals surface area contributed by atoms with E-state index in [2.05, 4.69) is 54.6 Å². The topological polar surface area (TPSA) is 116 Å². The highest BCUT2D eigenvalue weighted by Crippen LogP contribution is 2.27. The number of hydrogen-bond acceptors (Lipinski definition) is 6. The van der Waals surface area contributed by atoms with Crippen LogP contribution in [0.4, 0.5) is 0 Å². The predicted octanol–water partition coefficient (Wildman–Crippen LogP) is 4.89. The molecule has 3 rings (SSSR count). The maximum atomic E-state index is 12.6. The number of carboxylic acids is 2. The standard InChI is InChI=1S/C28H34N2O2S.C2H2O4/c1-30(2)18-9-8-17-29-28(31)24-13-10-12-23(21-24)27-16-7-6-11-25(27)22-33-20-19-32-26-14-4-3-5-15-26;3-1(4)2(5)6/h3-7,10-16,21H,8-9,17-20,22H2,1-2H3,(H,29,31);(H,3,4)(H,5,6). The normalized spacial score (nSPS) is 10.3. The molecule has 0 atom stereocenters. The number of benzene rings is 3. The SMILES string of the molecule is CN(C)CCCCNC(=O)c1cccc(-c2ccccc2CSCCOc2ccccc2)c1.O=C(O)C(=O)O. The molecule has 3 N–H and O–H groups in total.